The average molecular weight is 272 g/mol. The molecule has 3 N–H and O–H groups in total. The molecule has 3 rings (SSSR count). The SMILES string of the molecule is NC(=O)C1CCN(C(=O)c2cccc3[nH]cnc23)CC1. The van der Waals surface area contributed by atoms with E-state index in [4.69, 9.17) is 5.73 Å². The maximum Gasteiger partial charge on any atom is 0.256 e. The van der Waals surface area contributed by atoms with Crippen molar-refractivity contribution in [1.29, 1.82) is 0 Å². The average Bonchev–Trinajstić information content (AvgIpc) is 2.95. The highest BCUT2D eigenvalue weighted by atomic mass is 16.2. The molecule has 0 aliphatic carbocycles. The number of aromatic amines is 1. The summed E-state index contributed by atoms with van der Waals surface area (Å²) in [7, 11) is 0. The number of H-pyrrole nitrogens is 1. The molecule has 20 heavy (non-hydrogen) atoms. The van der Waals surface area contributed by atoms with E-state index < -0.39 is 0 Å². The Morgan fingerprint density at radius 2 is 2.05 bits per heavy atom. The third kappa shape index (κ3) is 2.13. The van der Waals surface area contributed by atoms with Gasteiger partial charge in [0.2, 0.25) is 5.91 Å². The fraction of sp³-hybridized carbons (Fsp3) is 0.357. The lowest BCUT2D eigenvalue weighted by atomic mass is 9.96. The molecule has 0 atom stereocenters. The number of nitrogens with one attached hydrogen (secondary N) is 1. The summed E-state index contributed by atoms with van der Waals surface area (Å²) in [5.74, 6) is -0.419. The molecule has 1 aromatic heterocycles. The number of likely N-dealkylation sites (tertiary alicyclic amines) is 1. The largest absolute Gasteiger partial charge is 0.369 e. The molecule has 0 saturated carbocycles. The van der Waals surface area contributed by atoms with Gasteiger partial charge in [0, 0.05) is 19.0 Å². The topological polar surface area (TPSA) is 92.1 Å². The van der Waals surface area contributed by atoms with Crippen LogP contribution < -0.4 is 5.73 Å². The van der Waals surface area contributed by atoms with Crippen LogP contribution in [0.5, 0.6) is 0 Å². The van der Waals surface area contributed by atoms with E-state index in [-0.39, 0.29) is 17.7 Å². The molecule has 0 spiro atoms. The summed E-state index contributed by atoms with van der Waals surface area (Å²) < 4.78 is 0. The van der Waals surface area contributed by atoms with Crippen LogP contribution in [0.1, 0.15) is 23.2 Å². The van der Waals surface area contributed by atoms with Gasteiger partial charge in [-0.05, 0) is 25.0 Å². The van der Waals surface area contributed by atoms with Crippen LogP contribution in [0.3, 0.4) is 0 Å². The monoisotopic (exact) mass is 272 g/mol. The Kier molecular flexibility index (Phi) is 3.14. The number of aromatic nitrogens is 2. The molecule has 2 amide bonds. The molecule has 6 nitrogen and oxygen atoms in total. The zero-order chi connectivity index (χ0) is 14.1. The van der Waals surface area contributed by atoms with Crippen molar-refractivity contribution in [2.45, 2.75) is 12.8 Å². The molecular weight excluding hydrogens is 256 g/mol. The highest BCUT2D eigenvalue weighted by molar-refractivity contribution is 6.04. The number of primary amides is 1. The fourth-order valence-corrected chi connectivity index (χ4v) is 2.68. The van der Waals surface area contributed by atoms with Gasteiger partial charge in [0.1, 0.15) is 5.52 Å². The molecular formula is C14H16N4O2. The van der Waals surface area contributed by atoms with Gasteiger partial charge in [0.05, 0.1) is 17.4 Å². The van der Waals surface area contributed by atoms with Gasteiger partial charge in [-0.2, -0.15) is 0 Å². The van der Waals surface area contributed by atoms with Gasteiger partial charge in [-0.15, -0.1) is 0 Å². The summed E-state index contributed by atoms with van der Waals surface area (Å²) in [5, 5.41) is 0. The Bertz CT molecular complexity index is 656. The van der Waals surface area contributed by atoms with E-state index in [2.05, 4.69) is 9.97 Å². The van der Waals surface area contributed by atoms with Crippen molar-refractivity contribution in [3.05, 3.63) is 30.1 Å². The lowest BCUT2D eigenvalue weighted by Gasteiger charge is -2.30. The van der Waals surface area contributed by atoms with Gasteiger partial charge in [-0.1, -0.05) is 6.07 Å². The molecule has 1 fully saturated rings. The van der Waals surface area contributed by atoms with Gasteiger partial charge in [-0.25, -0.2) is 4.98 Å². The zero-order valence-electron chi connectivity index (χ0n) is 11.0. The number of carbonyl (C=O) groups is 2. The molecule has 2 aromatic rings. The Morgan fingerprint density at radius 1 is 1.30 bits per heavy atom. The van der Waals surface area contributed by atoms with Gasteiger partial charge >= 0.3 is 0 Å². The first kappa shape index (κ1) is 12.7. The predicted octanol–water partition coefficient (Wildman–Crippen LogP) is 0.900. The van der Waals surface area contributed by atoms with Gasteiger partial charge in [0.25, 0.3) is 5.91 Å². The van der Waals surface area contributed by atoms with Crippen molar-refractivity contribution in [2.75, 3.05) is 13.1 Å². The minimum absolute atomic E-state index is 0.0365. The Morgan fingerprint density at radius 3 is 2.75 bits per heavy atom. The third-order valence-corrected chi connectivity index (χ3v) is 3.86. The first-order valence-corrected chi connectivity index (χ1v) is 6.67. The summed E-state index contributed by atoms with van der Waals surface area (Å²) >= 11 is 0. The van der Waals surface area contributed by atoms with E-state index in [0.717, 1.165) is 5.52 Å². The number of benzene rings is 1. The number of imidazole rings is 1. The van der Waals surface area contributed by atoms with Crippen LogP contribution in [0.15, 0.2) is 24.5 Å². The van der Waals surface area contributed by atoms with Crippen LogP contribution in [-0.2, 0) is 4.79 Å². The van der Waals surface area contributed by atoms with E-state index >= 15 is 0 Å². The number of fused-ring (bicyclic) bond motifs is 1. The van der Waals surface area contributed by atoms with Crippen LogP contribution >= 0.6 is 0 Å². The Balaban J connectivity index is 1.80. The van der Waals surface area contributed by atoms with Crippen LogP contribution in [0.25, 0.3) is 11.0 Å². The second kappa shape index (κ2) is 4.96. The number of rotatable bonds is 2. The maximum atomic E-state index is 12.5. The van der Waals surface area contributed by atoms with Crippen molar-refractivity contribution in [3.8, 4) is 0 Å². The normalized spacial score (nSPS) is 16.5. The number of carbonyl (C=O) groups excluding carboxylic acids is 2. The Labute approximate surface area is 116 Å². The Hall–Kier alpha value is -2.37. The van der Waals surface area contributed by atoms with E-state index in [9.17, 15) is 9.59 Å². The minimum atomic E-state index is -0.272. The summed E-state index contributed by atoms with van der Waals surface area (Å²) in [4.78, 5) is 32.7. The van der Waals surface area contributed by atoms with Crippen molar-refractivity contribution >= 4 is 22.8 Å². The second-order valence-corrected chi connectivity index (χ2v) is 5.07. The molecule has 0 radical (unpaired) electrons. The van der Waals surface area contributed by atoms with E-state index in [0.29, 0.717) is 37.0 Å². The van der Waals surface area contributed by atoms with Crippen LogP contribution in [0, 0.1) is 5.92 Å². The number of nitrogens with zero attached hydrogens (tertiary/aromatic N) is 2. The predicted molar refractivity (Wildman–Crippen MR) is 73.9 cm³/mol. The summed E-state index contributed by atoms with van der Waals surface area (Å²) in [6, 6.07) is 5.51. The van der Waals surface area contributed by atoms with Crippen molar-refractivity contribution in [3.63, 3.8) is 0 Å². The molecule has 0 unspecified atom stereocenters. The molecule has 0 bridgehead atoms. The fourth-order valence-electron chi connectivity index (χ4n) is 2.68. The summed E-state index contributed by atoms with van der Waals surface area (Å²) in [6.07, 6.45) is 2.86. The van der Waals surface area contributed by atoms with E-state index in [1.165, 1.54) is 0 Å². The molecule has 1 saturated heterocycles. The number of para-hydroxylation sites is 1. The summed E-state index contributed by atoms with van der Waals surface area (Å²) in [6.45, 7) is 1.13. The quantitative estimate of drug-likeness (QED) is 0.850. The number of amides is 2. The van der Waals surface area contributed by atoms with Crippen LogP contribution in [0.4, 0.5) is 0 Å². The first-order valence-electron chi connectivity index (χ1n) is 6.67. The minimum Gasteiger partial charge on any atom is -0.369 e. The van der Waals surface area contributed by atoms with Crippen molar-refractivity contribution in [2.24, 2.45) is 11.7 Å². The smallest absolute Gasteiger partial charge is 0.256 e. The van der Waals surface area contributed by atoms with E-state index in [1.807, 2.05) is 12.1 Å². The van der Waals surface area contributed by atoms with E-state index in [1.54, 1.807) is 17.3 Å². The number of hydrogen-bond donors (Lipinski definition) is 2. The van der Waals surface area contributed by atoms with Crippen molar-refractivity contribution < 1.29 is 9.59 Å². The zero-order valence-corrected chi connectivity index (χ0v) is 11.0. The lowest BCUT2D eigenvalue weighted by molar-refractivity contribution is -0.123. The van der Waals surface area contributed by atoms with Crippen LogP contribution in [-0.4, -0.2) is 39.8 Å². The number of piperidine rings is 1. The van der Waals surface area contributed by atoms with Crippen molar-refractivity contribution in [1.82, 2.24) is 14.9 Å². The molecule has 1 aliphatic rings. The van der Waals surface area contributed by atoms with Gasteiger partial charge in [0.15, 0.2) is 0 Å². The molecule has 2 heterocycles. The maximum absolute atomic E-state index is 12.5. The number of nitrogens with two attached hydrogens (primary N) is 1. The number of hydrogen-bond acceptors (Lipinski definition) is 3. The second-order valence-electron chi connectivity index (χ2n) is 5.07. The van der Waals surface area contributed by atoms with Gasteiger partial charge < -0.3 is 15.6 Å². The van der Waals surface area contributed by atoms with Gasteiger partial charge in [-0.3, -0.25) is 9.59 Å². The molecule has 1 aromatic carbocycles. The molecule has 6 heteroatoms. The molecule has 104 valence electrons. The first-order chi connectivity index (χ1) is 9.66. The molecule has 1 aliphatic heterocycles. The lowest BCUT2D eigenvalue weighted by Crippen LogP contribution is -2.41. The highest BCUT2D eigenvalue weighted by Crippen LogP contribution is 2.21. The summed E-state index contributed by atoms with van der Waals surface area (Å²) in [5.41, 5.74) is 7.44. The standard InChI is InChI=1S/C14H16N4O2/c15-13(19)9-4-6-18(7-5-9)14(20)10-2-1-3-11-12(10)17-8-16-11/h1-3,8-9H,4-7H2,(H2,15,19)(H,16,17). The van der Waals surface area contributed by atoms with Crippen LogP contribution in [0.2, 0.25) is 0 Å². The third-order valence-electron chi connectivity index (χ3n) is 3.86. The highest BCUT2D eigenvalue weighted by Gasteiger charge is 2.27.